The number of hydrogen-bond acceptors (Lipinski definition) is 4. The van der Waals surface area contributed by atoms with E-state index in [-0.39, 0.29) is 29.6 Å². The van der Waals surface area contributed by atoms with E-state index in [0.717, 1.165) is 5.56 Å². The summed E-state index contributed by atoms with van der Waals surface area (Å²) in [6.45, 7) is 3.85. The summed E-state index contributed by atoms with van der Waals surface area (Å²) in [6.07, 6.45) is 0. The highest BCUT2D eigenvalue weighted by Gasteiger charge is 2.11. The first-order chi connectivity index (χ1) is 11.9. The molecule has 0 atom stereocenters. The second kappa shape index (κ2) is 8.05. The molecule has 0 aliphatic rings. The maximum absolute atomic E-state index is 12.1. The van der Waals surface area contributed by atoms with Gasteiger partial charge in [0, 0.05) is 35.8 Å². The van der Waals surface area contributed by atoms with Gasteiger partial charge in [-0.3, -0.25) is 19.7 Å². The molecule has 7 heteroatoms. The summed E-state index contributed by atoms with van der Waals surface area (Å²) in [6, 6.07) is 12.7. The fourth-order valence-electron chi connectivity index (χ4n) is 2.09. The molecular weight excluding hydrogens is 322 g/mol. The Balaban J connectivity index is 2.01. The highest BCUT2D eigenvalue weighted by molar-refractivity contribution is 5.95. The zero-order valence-corrected chi connectivity index (χ0v) is 14.0. The van der Waals surface area contributed by atoms with Crippen molar-refractivity contribution in [1.82, 2.24) is 5.32 Å². The van der Waals surface area contributed by atoms with Crippen molar-refractivity contribution in [3.63, 3.8) is 0 Å². The normalized spacial score (nSPS) is 10.4. The van der Waals surface area contributed by atoms with Crippen LogP contribution in [0.15, 0.2) is 48.5 Å². The summed E-state index contributed by atoms with van der Waals surface area (Å²) in [5, 5.41) is 16.3. The van der Waals surface area contributed by atoms with Gasteiger partial charge in [0.2, 0.25) is 5.91 Å². The number of carbonyl (C=O) groups is 2. The van der Waals surface area contributed by atoms with Crippen molar-refractivity contribution in [1.29, 1.82) is 0 Å². The number of benzene rings is 2. The van der Waals surface area contributed by atoms with Crippen LogP contribution in [0.3, 0.4) is 0 Å². The van der Waals surface area contributed by atoms with Crippen LogP contribution in [0.25, 0.3) is 0 Å². The van der Waals surface area contributed by atoms with Gasteiger partial charge in [0.25, 0.3) is 11.6 Å². The molecule has 0 aliphatic carbocycles. The fraction of sp³-hybridized carbons (Fsp3) is 0.222. The van der Waals surface area contributed by atoms with Gasteiger partial charge in [-0.2, -0.15) is 0 Å². The molecule has 0 aromatic heterocycles. The largest absolute Gasteiger partial charge is 0.348 e. The van der Waals surface area contributed by atoms with Gasteiger partial charge in [0.15, 0.2) is 0 Å². The molecule has 2 aromatic rings. The Kier molecular flexibility index (Phi) is 5.84. The second-order valence-electron chi connectivity index (χ2n) is 5.83. The van der Waals surface area contributed by atoms with Gasteiger partial charge >= 0.3 is 0 Å². The van der Waals surface area contributed by atoms with Crippen LogP contribution in [0.4, 0.5) is 11.4 Å². The van der Waals surface area contributed by atoms with E-state index >= 15 is 0 Å². The molecule has 0 fully saturated rings. The Morgan fingerprint density at radius 3 is 2.52 bits per heavy atom. The summed E-state index contributed by atoms with van der Waals surface area (Å²) in [5.41, 5.74) is 1.55. The Hall–Kier alpha value is -3.22. The van der Waals surface area contributed by atoms with Crippen molar-refractivity contribution in [2.75, 3.05) is 5.32 Å². The Morgan fingerprint density at radius 1 is 1.12 bits per heavy atom. The molecule has 0 saturated heterocycles. The van der Waals surface area contributed by atoms with Gasteiger partial charge < -0.3 is 10.6 Å². The molecule has 130 valence electrons. The molecule has 0 heterocycles. The lowest BCUT2D eigenvalue weighted by molar-refractivity contribution is -0.384. The molecular formula is C18H19N3O4. The van der Waals surface area contributed by atoms with Crippen LogP contribution < -0.4 is 10.6 Å². The molecule has 0 saturated carbocycles. The van der Waals surface area contributed by atoms with Gasteiger partial charge in [0.05, 0.1) is 4.92 Å². The standard InChI is InChI=1S/C18H19N3O4/c1-12(2)17(22)20-15-7-3-5-13(9-15)11-19-18(23)14-6-4-8-16(10-14)21(24)25/h3-10,12H,11H2,1-2H3,(H,19,23)(H,20,22). The van der Waals surface area contributed by atoms with Crippen LogP contribution in [-0.4, -0.2) is 16.7 Å². The molecule has 7 nitrogen and oxygen atoms in total. The highest BCUT2D eigenvalue weighted by Crippen LogP contribution is 2.14. The number of nitro groups is 1. The average Bonchev–Trinajstić information content (AvgIpc) is 2.60. The number of nitrogens with zero attached hydrogens (tertiary/aromatic N) is 1. The summed E-state index contributed by atoms with van der Waals surface area (Å²) in [7, 11) is 0. The van der Waals surface area contributed by atoms with Crippen LogP contribution in [0.5, 0.6) is 0 Å². The first kappa shape index (κ1) is 18.1. The summed E-state index contributed by atoms with van der Waals surface area (Å²) < 4.78 is 0. The number of amides is 2. The quantitative estimate of drug-likeness (QED) is 0.622. The third-order valence-electron chi connectivity index (χ3n) is 3.49. The van der Waals surface area contributed by atoms with Gasteiger partial charge in [-0.25, -0.2) is 0 Å². The SMILES string of the molecule is CC(C)C(=O)Nc1cccc(CNC(=O)c2cccc([N+](=O)[O-])c2)c1. The Bertz CT molecular complexity index is 802. The lowest BCUT2D eigenvalue weighted by Crippen LogP contribution is -2.23. The molecule has 0 radical (unpaired) electrons. The molecule has 2 rings (SSSR count). The molecule has 0 bridgehead atoms. The van der Waals surface area contributed by atoms with E-state index in [9.17, 15) is 19.7 Å². The lowest BCUT2D eigenvalue weighted by Gasteiger charge is -2.10. The van der Waals surface area contributed by atoms with Crippen LogP contribution in [0.2, 0.25) is 0 Å². The predicted molar refractivity (Wildman–Crippen MR) is 94.2 cm³/mol. The molecule has 25 heavy (non-hydrogen) atoms. The van der Waals surface area contributed by atoms with Crippen molar-refractivity contribution in [2.24, 2.45) is 5.92 Å². The molecule has 0 spiro atoms. The van der Waals surface area contributed by atoms with E-state index in [1.807, 2.05) is 6.07 Å². The van der Waals surface area contributed by atoms with Gasteiger partial charge in [-0.1, -0.05) is 32.0 Å². The number of hydrogen-bond donors (Lipinski definition) is 2. The highest BCUT2D eigenvalue weighted by atomic mass is 16.6. The first-order valence-electron chi connectivity index (χ1n) is 7.79. The third kappa shape index (κ3) is 5.13. The molecule has 2 amide bonds. The van der Waals surface area contributed by atoms with E-state index in [1.54, 1.807) is 32.0 Å². The number of non-ortho nitro benzene ring substituents is 1. The van der Waals surface area contributed by atoms with Gasteiger partial charge in [-0.15, -0.1) is 0 Å². The van der Waals surface area contributed by atoms with Crippen molar-refractivity contribution < 1.29 is 14.5 Å². The summed E-state index contributed by atoms with van der Waals surface area (Å²) in [5.74, 6) is -0.615. The van der Waals surface area contributed by atoms with Gasteiger partial charge in [-0.05, 0) is 23.8 Å². The van der Waals surface area contributed by atoms with Crippen LogP contribution >= 0.6 is 0 Å². The van der Waals surface area contributed by atoms with E-state index < -0.39 is 10.8 Å². The lowest BCUT2D eigenvalue weighted by atomic mass is 10.1. The maximum Gasteiger partial charge on any atom is 0.270 e. The minimum Gasteiger partial charge on any atom is -0.348 e. The van der Waals surface area contributed by atoms with E-state index in [1.165, 1.54) is 24.3 Å². The number of rotatable bonds is 6. The van der Waals surface area contributed by atoms with Crippen molar-refractivity contribution in [3.05, 3.63) is 69.8 Å². The average molecular weight is 341 g/mol. The fourth-order valence-corrected chi connectivity index (χ4v) is 2.09. The molecule has 2 aromatic carbocycles. The zero-order valence-electron chi connectivity index (χ0n) is 14.0. The molecule has 2 N–H and O–H groups in total. The van der Waals surface area contributed by atoms with E-state index in [0.29, 0.717) is 5.69 Å². The van der Waals surface area contributed by atoms with Crippen molar-refractivity contribution >= 4 is 23.2 Å². The Morgan fingerprint density at radius 2 is 1.84 bits per heavy atom. The minimum atomic E-state index is -0.544. The number of carbonyl (C=O) groups excluding carboxylic acids is 2. The summed E-state index contributed by atoms with van der Waals surface area (Å²) in [4.78, 5) is 34.1. The van der Waals surface area contributed by atoms with E-state index in [2.05, 4.69) is 10.6 Å². The van der Waals surface area contributed by atoms with Crippen molar-refractivity contribution in [2.45, 2.75) is 20.4 Å². The summed E-state index contributed by atoms with van der Waals surface area (Å²) >= 11 is 0. The van der Waals surface area contributed by atoms with Crippen LogP contribution in [0.1, 0.15) is 29.8 Å². The molecule has 0 unspecified atom stereocenters. The third-order valence-corrected chi connectivity index (χ3v) is 3.49. The second-order valence-corrected chi connectivity index (χ2v) is 5.83. The smallest absolute Gasteiger partial charge is 0.270 e. The number of nitro benzene ring substituents is 1. The number of nitrogens with one attached hydrogen (secondary N) is 2. The molecule has 0 aliphatic heterocycles. The first-order valence-corrected chi connectivity index (χ1v) is 7.79. The maximum atomic E-state index is 12.1. The van der Waals surface area contributed by atoms with Gasteiger partial charge in [0.1, 0.15) is 0 Å². The predicted octanol–water partition coefficient (Wildman–Crippen LogP) is 3.12. The monoisotopic (exact) mass is 341 g/mol. The van der Waals surface area contributed by atoms with E-state index in [4.69, 9.17) is 0 Å². The number of anilines is 1. The van der Waals surface area contributed by atoms with Crippen molar-refractivity contribution in [3.8, 4) is 0 Å². The van der Waals surface area contributed by atoms with Crippen LogP contribution in [-0.2, 0) is 11.3 Å². The Labute approximate surface area is 145 Å². The zero-order chi connectivity index (χ0) is 18.4. The van der Waals surface area contributed by atoms with Crippen LogP contribution in [0, 0.1) is 16.0 Å². The topological polar surface area (TPSA) is 101 Å². The minimum absolute atomic E-state index is 0.0854.